The Morgan fingerprint density at radius 1 is 0.938 bits per heavy atom. The molecule has 0 N–H and O–H groups in total. The van der Waals surface area contributed by atoms with Gasteiger partial charge >= 0.3 is 0 Å². The molecule has 0 aliphatic carbocycles. The molecule has 2 nitrogen and oxygen atoms in total. The molecule has 92 valence electrons. The minimum absolute atomic E-state index is 0.233. The van der Waals surface area contributed by atoms with Crippen LogP contribution in [0.25, 0.3) is 0 Å². The standard InChI is InChI=1S/C14H24O2/c1-3-5-7-8-10-12-14(16)13(15)11-9-6-4-2/h9,11H,3-8,10,12H2,1-2H3. The quantitative estimate of drug-likeness (QED) is 0.321. The third kappa shape index (κ3) is 8.39. The molecule has 0 aliphatic heterocycles. The van der Waals surface area contributed by atoms with E-state index in [9.17, 15) is 9.59 Å². The topological polar surface area (TPSA) is 34.1 Å². The molecule has 0 amide bonds. The van der Waals surface area contributed by atoms with Crippen molar-refractivity contribution >= 4 is 11.6 Å². The first-order chi connectivity index (χ1) is 7.72. The third-order valence-electron chi connectivity index (χ3n) is 2.51. The Morgan fingerprint density at radius 2 is 1.62 bits per heavy atom. The van der Waals surface area contributed by atoms with Gasteiger partial charge in [0.2, 0.25) is 11.6 Å². The summed E-state index contributed by atoms with van der Waals surface area (Å²) in [6.07, 6.45) is 11.0. The molecular formula is C14H24O2. The van der Waals surface area contributed by atoms with Crippen LogP contribution in [0.4, 0.5) is 0 Å². The Bertz CT molecular complexity index is 229. The van der Waals surface area contributed by atoms with Crippen molar-refractivity contribution in [2.75, 3.05) is 0 Å². The van der Waals surface area contributed by atoms with E-state index in [4.69, 9.17) is 0 Å². The summed E-state index contributed by atoms with van der Waals surface area (Å²) in [6.45, 7) is 4.21. The molecule has 2 heteroatoms. The van der Waals surface area contributed by atoms with Crippen molar-refractivity contribution < 1.29 is 9.59 Å². The molecule has 0 aliphatic rings. The van der Waals surface area contributed by atoms with Crippen molar-refractivity contribution in [2.24, 2.45) is 0 Å². The number of ketones is 2. The minimum atomic E-state index is -0.330. The fraction of sp³-hybridized carbons (Fsp3) is 0.714. The molecule has 0 saturated carbocycles. The van der Waals surface area contributed by atoms with Gasteiger partial charge in [0.1, 0.15) is 0 Å². The number of carbonyl (C=O) groups is 2. The Hall–Kier alpha value is -0.920. The maximum Gasteiger partial charge on any atom is 0.221 e. The number of Topliss-reactive ketones (excluding diaryl/α,β-unsaturated/α-hetero) is 1. The largest absolute Gasteiger partial charge is 0.291 e. The molecule has 0 spiro atoms. The lowest BCUT2D eigenvalue weighted by atomic mass is 10.1. The molecule has 0 atom stereocenters. The summed E-state index contributed by atoms with van der Waals surface area (Å²) >= 11 is 0. The first-order valence-electron chi connectivity index (χ1n) is 6.46. The predicted octanol–water partition coefficient (Wildman–Crippen LogP) is 3.84. The number of hydrogen-bond acceptors (Lipinski definition) is 2. The SMILES string of the molecule is CCCC=CC(=O)C(=O)CCCCCCC. The predicted molar refractivity (Wildman–Crippen MR) is 67.4 cm³/mol. The van der Waals surface area contributed by atoms with Crippen molar-refractivity contribution in [1.82, 2.24) is 0 Å². The molecule has 0 aromatic rings. The van der Waals surface area contributed by atoms with E-state index in [1.54, 1.807) is 6.08 Å². The van der Waals surface area contributed by atoms with Crippen LogP contribution in [0.1, 0.15) is 65.2 Å². The van der Waals surface area contributed by atoms with Crippen molar-refractivity contribution in [3.63, 3.8) is 0 Å². The Balaban J connectivity index is 3.59. The Morgan fingerprint density at radius 3 is 2.25 bits per heavy atom. The summed E-state index contributed by atoms with van der Waals surface area (Å²) < 4.78 is 0. The van der Waals surface area contributed by atoms with Crippen LogP contribution in [0.3, 0.4) is 0 Å². The summed E-state index contributed by atoms with van der Waals surface area (Å²) in [5, 5.41) is 0. The van der Waals surface area contributed by atoms with Gasteiger partial charge in [-0.25, -0.2) is 0 Å². The summed E-state index contributed by atoms with van der Waals surface area (Å²) in [7, 11) is 0. The van der Waals surface area contributed by atoms with E-state index in [0.29, 0.717) is 6.42 Å². The van der Waals surface area contributed by atoms with Crippen molar-refractivity contribution in [3.05, 3.63) is 12.2 Å². The van der Waals surface area contributed by atoms with Gasteiger partial charge in [0.05, 0.1) is 0 Å². The van der Waals surface area contributed by atoms with Gasteiger partial charge in [0.15, 0.2) is 0 Å². The Labute approximate surface area is 99.1 Å². The van der Waals surface area contributed by atoms with Gasteiger partial charge in [-0.1, -0.05) is 52.0 Å². The highest BCUT2D eigenvalue weighted by molar-refractivity contribution is 6.41. The van der Waals surface area contributed by atoms with Crippen LogP contribution in [-0.2, 0) is 9.59 Å². The van der Waals surface area contributed by atoms with Gasteiger partial charge < -0.3 is 0 Å². The highest BCUT2D eigenvalue weighted by Crippen LogP contribution is 2.05. The number of carbonyl (C=O) groups excluding carboxylic acids is 2. The van der Waals surface area contributed by atoms with Crippen LogP contribution in [0.15, 0.2) is 12.2 Å². The normalized spacial score (nSPS) is 10.9. The zero-order valence-electron chi connectivity index (χ0n) is 10.6. The maximum absolute atomic E-state index is 11.4. The zero-order chi connectivity index (χ0) is 12.2. The first kappa shape index (κ1) is 15.1. The lowest BCUT2D eigenvalue weighted by molar-refractivity contribution is -0.133. The van der Waals surface area contributed by atoms with Gasteiger partial charge in [-0.2, -0.15) is 0 Å². The van der Waals surface area contributed by atoms with E-state index in [1.807, 2.05) is 6.92 Å². The van der Waals surface area contributed by atoms with Crippen LogP contribution < -0.4 is 0 Å². The lowest BCUT2D eigenvalue weighted by Crippen LogP contribution is -2.10. The van der Waals surface area contributed by atoms with E-state index in [1.165, 1.54) is 25.3 Å². The number of unbranched alkanes of at least 4 members (excludes halogenated alkanes) is 5. The fourth-order valence-corrected chi connectivity index (χ4v) is 1.46. The van der Waals surface area contributed by atoms with Gasteiger partial charge in [-0.05, 0) is 18.9 Å². The van der Waals surface area contributed by atoms with Gasteiger partial charge in [-0.15, -0.1) is 0 Å². The van der Waals surface area contributed by atoms with Crippen molar-refractivity contribution in [2.45, 2.75) is 65.2 Å². The average Bonchev–Trinajstić information content (AvgIpc) is 2.28. The highest BCUT2D eigenvalue weighted by Gasteiger charge is 2.08. The van der Waals surface area contributed by atoms with Crippen LogP contribution in [-0.4, -0.2) is 11.6 Å². The molecular weight excluding hydrogens is 200 g/mol. The zero-order valence-corrected chi connectivity index (χ0v) is 10.6. The number of rotatable bonds is 10. The highest BCUT2D eigenvalue weighted by atomic mass is 16.2. The average molecular weight is 224 g/mol. The fourth-order valence-electron chi connectivity index (χ4n) is 1.46. The first-order valence-corrected chi connectivity index (χ1v) is 6.46. The van der Waals surface area contributed by atoms with Crippen LogP contribution >= 0.6 is 0 Å². The molecule has 0 aromatic heterocycles. The van der Waals surface area contributed by atoms with Crippen molar-refractivity contribution in [1.29, 1.82) is 0 Å². The number of hydrogen-bond donors (Lipinski definition) is 0. The summed E-state index contributed by atoms with van der Waals surface area (Å²) in [5.41, 5.74) is 0. The molecule has 0 radical (unpaired) electrons. The molecule has 16 heavy (non-hydrogen) atoms. The molecule has 0 bridgehead atoms. The second kappa shape index (κ2) is 10.6. The van der Waals surface area contributed by atoms with Gasteiger partial charge in [0, 0.05) is 6.42 Å². The van der Waals surface area contributed by atoms with Crippen LogP contribution in [0.2, 0.25) is 0 Å². The molecule has 0 heterocycles. The van der Waals surface area contributed by atoms with Crippen LogP contribution in [0.5, 0.6) is 0 Å². The van der Waals surface area contributed by atoms with E-state index in [2.05, 4.69) is 6.92 Å². The molecule has 0 saturated heterocycles. The second-order valence-electron chi connectivity index (χ2n) is 4.14. The van der Waals surface area contributed by atoms with Gasteiger partial charge in [-0.3, -0.25) is 9.59 Å². The monoisotopic (exact) mass is 224 g/mol. The maximum atomic E-state index is 11.4. The van der Waals surface area contributed by atoms with E-state index in [0.717, 1.165) is 25.7 Å². The van der Waals surface area contributed by atoms with E-state index < -0.39 is 0 Å². The minimum Gasteiger partial charge on any atom is -0.291 e. The Kier molecular flexibility index (Phi) is 9.98. The lowest BCUT2D eigenvalue weighted by Gasteiger charge is -1.98. The van der Waals surface area contributed by atoms with E-state index in [-0.39, 0.29) is 11.6 Å². The van der Waals surface area contributed by atoms with Crippen LogP contribution in [0, 0.1) is 0 Å². The smallest absolute Gasteiger partial charge is 0.221 e. The third-order valence-corrected chi connectivity index (χ3v) is 2.51. The molecule has 0 fully saturated rings. The summed E-state index contributed by atoms with van der Waals surface area (Å²) in [6, 6.07) is 0. The number of allylic oxidation sites excluding steroid dienone is 2. The molecule has 0 rings (SSSR count). The molecule has 0 aromatic carbocycles. The van der Waals surface area contributed by atoms with E-state index >= 15 is 0 Å². The second-order valence-corrected chi connectivity index (χ2v) is 4.14. The molecule has 0 unspecified atom stereocenters. The van der Waals surface area contributed by atoms with Gasteiger partial charge in [0.25, 0.3) is 0 Å². The summed E-state index contributed by atoms with van der Waals surface area (Å²) in [4.78, 5) is 22.7. The van der Waals surface area contributed by atoms with Crippen molar-refractivity contribution in [3.8, 4) is 0 Å². The summed E-state index contributed by atoms with van der Waals surface area (Å²) in [5.74, 6) is -0.562.